The van der Waals surface area contributed by atoms with Crippen molar-refractivity contribution in [1.29, 1.82) is 0 Å². The van der Waals surface area contributed by atoms with Crippen LogP contribution >= 0.6 is 0 Å². The Labute approximate surface area is 149 Å². The summed E-state index contributed by atoms with van der Waals surface area (Å²) in [6.07, 6.45) is 4.29. The zero-order valence-electron chi connectivity index (χ0n) is 15.3. The standard InChI is InChI=1S/C21H25NO3/c1-5-14-25-21-15-16(7-13-20(21)24-4)6-12-19(23)17-8-10-18(11-9-17)22(2)3/h6-13,15H,5,14H2,1-4H3/b12-6+. The molecular weight excluding hydrogens is 314 g/mol. The van der Waals surface area contributed by atoms with Gasteiger partial charge in [0.1, 0.15) is 0 Å². The molecule has 4 nitrogen and oxygen atoms in total. The molecule has 0 aliphatic rings. The number of hydrogen-bond acceptors (Lipinski definition) is 4. The van der Waals surface area contributed by atoms with E-state index in [9.17, 15) is 4.79 Å². The quantitative estimate of drug-likeness (QED) is 0.526. The van der Waals surface area contributed by atoms with Gasteiger partial charge in [-0.1, -0.05) is 19.1 Å². The summed E-state index contributed by atoms with van der Waals surface area (Å²) in [7, 11) is 5.56. The van der Waals surface area contributed by atoms with Crippen LogP contribution in [0.25, 0.3) is 6.08 Å². The van der Waals surface area contributed by atoms with Crippen LogP contribution in [0.3, 0.4) is 0 Å². The maximum atomic E-state index is 12.3. The molecule has 2 rings (SSSR count). The summed E-state index contributed by atoms with van der Waals surface area (Å²) in [5, 5.41) is 0. The number of methoxy groups -OCH3 is 1. The first-order valence-electron chi connectivity index (χ1n) is 8.35. The second-order valence-electron chi connectivity index (χ2n) is 5.90. The van der Waals surface area contributed by atoms with Crippen LogP contribution in [0.4, 0.5) is 5.69 Å². The average molecular weight is 339 g/mol. The minimum atomic E-state index is -0.0304. The van der Waals surface area contributed by atoms with Gasteiger partial charge in [-0.15, -0.1) is 0 Å². The maximum absolute atomic E-state index is 12.3. The zero-order chi connectivity index (χ0) is 18.2. The molecule has 4 heteroatoms. The van der Waals surface area contributed by atoms with E-state index in [1.807, 2.05) is 61.5 Å². The number of carbonyl (C=O) groups excluding carboxylic acids is 1. The van der Waals surface area contributed by atoms with Crippen molar-refractivity contribution in [2.24, 2.45) is 0 Å². The summed E-state index contributed by atoms with van der Waals surface area (Å²) in [5.41, 5.74) is 2.62. The highest BCUT2D eigenvalue weighted by Gasteiger charge is 2.06. The summed E-state index contributed by atoms with van der Waals surface area (Å²) >= 11 is 0. The first-order chi connectivity index (χ1) is 12.0. The smallest absolute Gasteiger partial charge is 0.185 e. The van der Waals surface area contributed by atoms with E-state index in [0.29, 0.717) is 23.7 Å². The number of rotatable bonds is 8. The Kier molecular flexibility index (Phi) is 6.63. The Balaban J connectivity index is 2.13. The van der Waals surface area contributed by atoms with Gasteiger partial charge in [0.05, 0.1) is 13.7 Å². The van der Waals surface area contributed by atoms with Crippen LogP contribution in [-0.2, 0) is 0 Å². The number of ketones is 1. The Morgan fingerprint density at radius 2 is 1.80 bits per heavy atom. The maximum Gasteiger partial charge on any atom is 0.185 e. The van der Waals surface area contributed by atoms with Gasteiger partial charge in [-0.05, 0) is 54.5 Å². The molecule has 2 aromatic carbocycles. The van der Waals surface area contributed by atoms with Gasteiger partial charge < -0.3 is 14.4 Å². The number of benzene rings is 2. The molecule has 0 fully saturated rings. The number of anilines is 1. The minimum Gasteiger partial charge on any atom is -0.493 e. The zero-order valence-corrected chi connectivity index (χ0v) is 15.3. The number of carbonyl (C=O) groups is 1. The highest BCUT2D eigenvalue weighted by molar-refractivity contribution is 6.07. The lowest BCUT2D eigenvalue weighted by molar-refractivity contribution is 0.104. The fraction of sp³-hybridized carbons (Fsp3) is 0.286. The van der Waals surface area contributed by atoms with Gasteiger partial charge in [-0.3, -0.25) is 4.79 Å². The van der Waals surface area contributed by atoms with E-state index in [2.05, 4.69) is 6.92 Å². The SMILES string of the molecule is CCCOc1cc(/C=C/C(=O)c2ccc(N(C)C)cc2)ccc1OC. The number of allylic oxidation sites excluding steroid dienone is 1. The van der Waals surface area contributed by atoms with Crippen LogP contribution in [0.2, 0.25) is 0 Å². The lowest BCUT2D eigenvalue weighted by Gasteiger charge is -2.12. The number of nitrogens with zero attached hydrogens (tertiary/aromatic N) is 1. The molecule has 0 aliphatic carbocycles. The van der Waals surface area contributed by atoms with E-state index in [1.54, 1.807) is 19.3 Å². The Morgan fingerprint density at radius 1 is 1.08 bits per heavy atom. The van der Waals surface area contributed by atoms with E-state index < -0.39 is 0 Å². The summed E-state index contributed by atoms with van der Waals surface area (Å²) in [6, 6.07) is 13.2. The van der Waals surface area contributed by atoms with Crippen LogP contribution in [-0.4, -0.2) is 33.6 Å². The van der Waals surface area contributed by atoms with E-state index in [-0.39, 0.29) is 5.78 Å². The second kappa shape index (κ2) is 8.92. The Morgan fingerprint density at radius 3 is 2.40 bits per heavy atom. The van der Waals surface area contributed by atoms with Crippen molar-refractivity contribution >= 4 is 17.5 Å². The molecule has 0 saturated heterocycles. The predicted octanol–water partition coefficient (Wildman–Crippen LogP) is 4.45. The minimum absolute atomic E-state index is 0.0304. The molecule has 0 unspecified atom stereocenters. The van der Waals surface area contributed by atoms with Crippen molar-refractivity contribution in [1.82, 2.24) is 0 Å². The van der Waals surface area contributed by atoms with Crippen molar-refractivity contribution in [3.8, 4) is 11.5 Å². The molecule has 0 saturated carbocycles. The van der Waals surface area contributed by atoms with Crippen molar-refractivity contribution in [2.45, 2.75) is 13.3 Å². The van der Waals surface area contributed by atoms with Gasteiger partial charge in [0.2, 0.25) is 0 Å². The normalized spacial score (nSPS) is 10.7. The summed E-state index contributed by atoms with van der Waals surface area (Å²) in [4.78, 5) is 14.3. The summed E-state index contributed by atoms with van der Waals surface area (Å²) in [6.45, 7) is 2.68. The molecule has 0 aliphatic heterocycles. The van der Waals surface area contributed by atoms with Crippen LogP contribution in [0.5, 0.6) is 11.5 Å². The van der Waals surface area contributed by atoms with Gasteiger partial charge in [0.15, 0.2) is 17.3 Å². The lowest BCUT2D eigenvalue weighted by Crippen LogP contribution is -2.08. The van der Waals surface area contributed by atoms with Gasteiger partial charge in [0, 0.05) is 25.3 Å². The molecule has 2 aromatic rings. The van der Waals surface area contributed by atoms with E-state index in [4.69, 9.17) is 9.47 Å². The highest BCUT2D eigenvalue weighted by Crippen LogP contribution is 2.28. The van der Waals surface area contributed by atoms with Crippen LogP contribution in [0.15, 0.2) is 48.5 Å². The lowest BCUT2D eigenvalue weighted by atomic mass is 10.1. The first-order valence-corrected chi connectivity index (χ1v) is 8.35. The summed E-state index contributed by atoms with van der Waals surface area (Å²) < 4.78 is 11.0. The van der Waals surface area contributed by atoms with Gasteiger partial charge in [0.25, 0.3) is 0 Å². The summed E-state index contributed by atoms with van der Waals surface area (Å²) in [5.74, 6) is 1.35. The van der Waals surface area contributed by atoms with Crippen LogP contribution in [0.1, 0.15) is 29.3 Å². The highest BCUT2D eigenvalue weighted by atomic mass is 16.5. The molecule has 0 spiro atoms. The van der Waals surface area contributed by atoms with Crippen molar-refractivity contribution in [3.05, 3.63) is 59.7 Å². The monoisotopic (exact) mass is 339 g/mol. The van der Waals surface area contributed by atoms with Gasteiger partial charge >= 0.3 is 0 Å². The first kappa shape index (κ1) is 18.6. The largest absolute Gasteiger partial charge is 0.493 e. The number of hydrogen-bond donors (Lipinski definition) is 0. The van der Waals surface area contributed by atoms with Crippen LogP contribution in [0, 0.1) is 0 Å². The van der Waals surface area contributed by atoms with Gasteiger partial charge in [-0.25, -0.2) is 0 Å². The molecule has 0 radical (unpaired) electrons. The van der Waals surface area contributed by atoms with E-state index in [1.165, 1.54) is 0 Å². The molecule has 0 bridgehead atoms. The molecule has 132 valence electrons. The van der Waals surface area contributed by atoms with Crippen LogP contribution < -0.4 is 14.4 Å². The molecule has 0 atom stereocenters. The molecule has 25 heavy (non-hydrogen) atoms. The number of ether oxygens (including phenoxy) is 2. The van der Waals surface area contributed by atoms with Crippen molar-refractivity contribution < 1.29 is 14.3 Å². The van der Waals surface area contributed by atoms with Crippen molar-refractivity contribution in [3.63, 3.8) is 0 Å². The average Bonchev–Trinajstić information content (AvgIpc) is 2.64. The molecule has 0 heterocycles. The third-order valence-electron chi connectivity index (χ3n) is 3.74. The fourth-order valence-corrected chi connectivity index (χ4v) is 2.31. The third kappa shape index (κ3) is 5.11. The Hall–Kier alpha value is -2.75. The second-order valence-corrected chi connectivity index (χ2v) is 5.90. The molecular formula is C21H25NO3. The fourth-order valence-electron chi connectivity index (χ4n) is 2.31. The molecule has 0 amide bonds. The molecule has 0 N–H and O–H groups in total. The predicted molar refractivity (Wildman–Crippen MR) is 103 cm³/mol. The van der Waals surface area contributed by atoms with E-state index >= 15 is 0 Å². The molecule has 0 aromatic heterocycles. The van der Waals surface area contributed by atoms with E-state index in [0.717, 1.165) is 17.7 Å². The Bertz CT molecular complexity index is 733. The third-order valence-corrected chi connectivity index (χ3v) is 3.74. The topological polar surface area (TPSA) is 38.8 Å². The van der Waals surface area contributed by atoms with Crippen molar-refractivity contribution in [2.75, 3.05) is 32.7 Å². The van der Waals surface area contributed by atoms with Gasteiger partial charge in [-0.2, -0.15) is 0 Å².